The lowest BCUT2D eigenvalue weighted by atomic mass is 9.94. The minimum atomic E-state index is -0.895. The number of urea groups is 1. The van der Waals surface area contributed by atoms with Crippen molar-refractivity contribution in [2.45, 2.75) is 121 Å². The lowest BCUT2D eigenvalue weighted by Crippen LogP contribution is -2.50. The number of anilines is 1. The highest BCUT2D eigenvalue weighted by molar-refractivity contribution is 5.89. The first-order valence-corrected chi connectivity index (χ1v) is 13.9. The molecule has 0 bridgehead atoms. The van der Waals surface area contributed by atoms with Crippen molar-refractivity contribution in [3.63, 3.8) is 0 Å². The molecule has 3 fully saturated rings. The van der Waals surface area contributed by atoms with Crippen LogP contribution in [0.3, 0.4) is 0 Å². The van der Waals surface area contributed by atoms with Gasteiger partial charge >= 0.3 is 12.0 Å². The Hall–Kier alpha value is -2.20. The third-order valence-corrected chi connectivity index (χ3v) is 7.48. The number of carboxylic acid groups (broad SMARTS) is 1. The van der Waals surface area contributed by atoms with E-state index in [9.17, 15) is 9.59 Å². The summed E-state index contributed by atoms with van der Waals surface area (Å²) in [6.45, 7) is 4.72. The minimum absolute atomic E-state index is 0.0592. The monoisotopic (exact) mass is 518 g/mol. The topological polar surface area (TPSA) is 115 Å². The molecule has 2 heterocycles. The summed E-state index contributed by atoms with van der Waals surface area (Å²) in [5.74, 6) is -1.46. The second-order valence-electron chi connectivity index (χ2n) is 10.5. The number of ether oxygens (including phenoxy) is 4. The lowest BCUT2D eigenvalue weighted by molar-refractivity contribution is -0.250. The zero-order valence-electron chi connectivity index (χ0n) is 22.1. The highest BCUT2D eigenvalue weighted by Crippen LogP contribution is 2.46. The molecular weight excluding hydrogens is 476 g/mol. The van der Waals surface area contributed by atoms with Gasteiger partial charge in [0.1, 0.15) is 18.3 Å². The van der Waals surface area contributed by atoms with Gasteiger partial charge in [-0.15, -0.1) is 0 Å². The van der Waals surface area contributed by atoms with Gasteiger partial charge in [-0.25, -0.2) is 4.79 Å². The van der Waals surface area contributed by atoms with E-state index in [0.29, 0.717) is 17.9 Å². The number of amides is 2. The zero-order valence-corrected chi connectivity index (χ0v) is 22.1. The minimum Gasteiger partial charge on any atom is -0.481 e. The van der Waals surface area contributed by atoms with Gasteiger partial charge in [-0.3, -0.25) is 4.79 Å². The first kappa shape index (κ1) is 27.8. The summed E-state index contributed by atoms with van der Waals surface area (Å²) in [5, 5.41) is 14.7. The molecule has 1 aliphatic carbocycles. The van der Waals surface area contributed by atoms with Gasteiger partial charge in [0.25, 0.3) is 0 Å². The number of nitrogens with one attached hydrogen (secondary N) is 2. The van der Waals surface area contributed by atoms with E-state index in [1.807, 2.05) is 6.92 Å². The zero-order chi connectivity index (χ0) is 26.3. The number of carbonyl (C=O) groups is 2. The average Bonchev–Trinajstić information content (AvgIpc) is 3.37. The molecule has 0 unspecified atom stereocenters. The van der Waals surface area contributed by atoms with Crippen LogP contribution in [0.5, 0.6) is 0 Å². The average molecular weight is 519 g/mol. The number of aliphatic carboxylic acids is 1. The fourth-order valence-electron chi connectivity index (χ4n) is 5.54. The molecule has 1 aromatic carbocycles. The number of carbonyl (C=O) groups excluding carboxylic acids is 1. The molecule has 9 heteroatoms. The molecule has 2 aliphatic heterocycles. The Kier molecular flexibility index (Phi) is 9.81. The molecule has 1 aromatic rings. The summed E-state index contributed by atoms with van der Waals surface area (Å²) in [6.07, 6.45) is 9.25. The van der Waals surface area contributed by atoms with Crippen LogP contribution in [0.4, 0.5) is 10.5 Å². The summed E-state index contributed by atoms with van der Waals surface area (Å²) in [6, 6.07) is 6.03. The van der Waals surface area contributed by atoms with Crippen molar-refractivity contribution in [1.82, 2.24) is 5.32 Å². The van der Waals surface area contributed by atoms with Crippen LogP contribution in [-0.4, -0.2) is 60.1 Å². The molecular formula is C28H42N2O7. The second-order valence-corrected chi connectivity index (χ2v) is 10.5. The summed E-state index contributed by atoms with van der Waals surface area (Å²) in [5.41, 5.74) is 1.25. The smallest absolute Gasteiger partial charge is 0.319 e. The maximum atomic E-state index is 12.7. The molecule has 2 saturated heterocycles. The van der Waals surface area contributed by atoms with Gasteiger partial charge in [-0.1, -0.05) is 51.2 Å². The van der Waals surface area contributed by atoms with Crippen LogP contribution in [0, 0.1) is 0 Å². The van der Waals surface area contributed by atoms with Gasteiger partial charge in [-0.2, -0.15) is 0 Å². The van der Waals surface area contributed by atoms with Crippen LogP contribution in [-0.2, 0) is 30.2 Å². The second kappa shape index (κ2) is 13.0. The van der Waals surface area contributed by atoms with E-state index in [2.05, 4.69) is 17.6 Å². The summed E-state index contributed by atoms with van der Waals surface area (Å²) < 4.78 is 25.5. The Morgan fingerprint density at radius 3 is 2.51 bits per heavy atom. The van der Waals surface area contributed by atoms with E-state index in [1.165, 1.54) is 25.7 Å². The third kappa shape index (κ3) is 7.44. The Bertz CT molecular complexity index is 887. The van der Waals surface area contributed by atoms with Crippen LogP contribution < -0.4 is 10.6 Å². The summed E-state index contributed by atoms with van der Waals surface area (Å²) >= 11 is 0. The van der Waals surface area contributed by atoms with E-state index in [-0.39, 0.29) is 30.7 Å². The van der Waals surface area contributed by atoms with Crippen molar-refractivity contribution < 1.29 is 33.6 Å². The number of carboxylic acids is 1. The van der Waals surface area contributed by atoms with E-state index in [4.69, 9.17) is 24.1 Å². The van der Waals surface area contributed by atoms with Crippen molar-refractivity contribution in [2.24, 2.45) is 0 Å². The van der Waals surface area contributed by atoms with Crippen molar-refractivity contribution in [3.8, 4) is 0 Å². The highest BCUT2D eigenvalue weighted by Gasteiger charge is 2.59. The Balaban J connectivity index is 1.34. The maximum Gasteiger partial charge on any atom is 0.319 e. The van der Waals surface area contributed by atoms with E-state index < -0.39 is 24.2 Å². The molecule has 1 saturated carbocycles. The summed E-state index contributed by atoms with van der Waals surface area (Å²) in [4.78, 5) is 23.6. The van der Waals surface area contributed by atoms with Crippen LogP contribution in [0.25, 0.3) is 0 Å². The Morgan fingerprint density at radius 2 is 1.81 bits per heavy atom. The molecule has 2 amide bonds. The van der Waals surface area contributed by atoms with Gasteiger partial charge in [0.05, 0.1) is 12.5 Å². The fraction of sp³-hybridized carbons (Fsp3) is 0.714. The van der Waals surface area contributed by atoms with Crippen molar-refractivity contribution in [2.75, 3.05) is 11.9 Å². The van der Waals surface area contributed by atoms with Crippen LogP contribution in [0.2, 0.25) is 0 Å². The van der Waals surface area contributed by atoms with Crippen LogP contribution in [0.15, 0.2) is 24.3 Å². The SMILES string of the molecule is CCCCCCCO[C@@H]1[C@H]2OC3(CCCCC3)O[C@H]2O[C@@H]1[C@H](C)NC(=O)Nc1ccc(CC(=O)O)cc1. The maximum absolute atomic E-state index is 12.7. The van der Waals surface area contributed by atoms with E-state index in [0.717, 1.165) is 38.5 Å². The number of rotatable bonds is 12. The van der Waals surface area contributed by atoms with Crippen molar-refractivity contribution in [1.29, 1.82) is 0 Å². The van der Waals surface area contributed by atoms with Gasteiger partial charge in [0.15, 0.2) is 12.1 Å². The number of hydrogen-bond acceptors (Lipinski definition) is 6. The normalized spacial score (nSPS) is 27.1. The van der Waals surface area contributed by atoms with Gasteiger partial charge in [0, 0.05) is 25.1 Å². The van der Waals surface area contributed by atoms with E-state index >= 15 is 0 Å². The Morgan fingerprint density at radius 1 is 1.08 bits per heavy atom. The number of benzene rings is 1. The molecule has 3 N–H and O–H groups in total. The first-order valence-electron chi connectivity index (χ1n) is 13.9. The van der Waals surface area contributed by atoms with Crippen LogP contribution in [0.1, 0.15) is 83.6 Å². The van der Waals surface area contributed by atoms with E-state index in [1.54, 1.807) is 24.3 Å². The summed E-state index contributed by atoms with van der Waals surface area (Å²) in [7, 11) is 0. The highest BCUT2D eigenvalue weighted by atomic mass is 16.8. The lowest BCUT2D eigenvalue weighted by Gasteiger charge is -2.35. The molecule has 0 radical (unpaired) electrons. The predicted molar refractivity (Wildman–Crippen MR) is 138 cm³/mol. The van der Waals surface area contributed by atoms with Gasteiger partial charge in [-0.05, 0) is 43.9 Å². The van der Waals surface area contributed by atoms with Gasteiger partial charge in [0.2, 0.25) is 0 Å². The Labute approximate surface area is 219 Å². The molecule has 0 aromatic heterocycles. The number of fused-ring (bicyclic) bond motifs is 1. The van der Waals surface area contributed by atoms with Crippen molar-refractivity contribution >= 4 is 17.7 Å². The number of unbranched alkanes of at least 4 members (excludes halogenated alkanes) is 4. The molecule has 206 valence electrons. The third-order valence-electron chi connectivity index (χ3n) is 7.48. The van der Waals surface area contributed by atoms with Crippen molar-refractivity contribution in [3.05, 3.63) is 29.8 Å². The standard InChI is InChI=1S/C28H42N2O7/c1-3-4-5-6-10-17-34-24-23(35-26-25(24)36-28(37-26)15-8-7-9-16-28)19(2)29-27(33)30-21-13-11-20(12-14-21)18-22(31)32/h11-14,19,23-26H,3-10,15-18H2,1-2H3,(H,31,32)(H2,29,30,33)/t19-,23+,24-,25+,26+/m0/s1. The molecule has 4 rings (SSSR count). The van der Waals surface area contributed by atoms with Crippen LogP contribution >= 0.6 is 0 Å². The largest absolute Gasteiger partial charge is 0.481 e. The predicted octanol–water partition coefficient (Wildman–Crippen LogP) is 4.98. The fourth-order valence-corrected chi connectivity index (χ4v) is 5.54. The molecule has 9 nitrogen and oxygen atoms in total. The van der Waals surface area contributed by atoms with Gasteiger partial charge < -0.3 is 34.7 Å². The molecule has 37 heavy (non-hydrogen) atoms. The number of hydrogen-bond donors (Lipinski definition) is 3. The quantitative estimate of drug-likeness (QED) is 0.334. The molecule has 3 aliphatic rings. The molecule has 1 spiro atoms. The first-order chi connectivity index (χ1) is 17.9. The molecule has 5 atom stereocenters.